The van der Waals surface area contributed by atoms with Gasteiger partial charge in [-0.3, -0.25) is 0 Å². The van der Waals surface area contributed by atoms with Crippen LogP contribution in [0.2, 0.25) is 0 Å². The number of rotatable bonds is 3. The molecule has 1 aliphatic heterocycles. The molecule has 4 nitrogen and oxygen atoms in total. The first-order valence-corrected chi connectivity index (χ1v) is 6.32. The predicted octanol–water partition coefficient (Wildman–Crippen LogP) is 1.28. The zero-order chi connectivity index (χ0) is 12.3. The molecule has 0 radical (unpaired) electrons. The van der Waals surface area contributed by atoms with E-state index in [-0.39, 0.29) is 0 Å². The summed E-state index contributed by atoms with van der Waals surface area (Å²) in [4.78, 5) is 9.13. The molecule has 0 aromatic carbocycles. The predicted molar refractivity (Wildman–Crippen MR) is 69.2 cm³/mol. The number of aromatic nitrogens is 1. The van der Waals surface area contributed by atoms with Gasteiger partial charge in [0.15, 0.2) is 0 Å². The minimum atomic E-state index is -0.456. The van der Waals surface area contributed by atoms with E-state index in [4.69, 9.17) is 0 Å². The molecule has 4 heteroatoms. The lowest BCUT2D eigenvalue weighted by Gasteiger charge is -2.35. The lowest BCUT2D eigenvalue weighted by Crippen LogP contribution is -2.46. The van der Waals surface area contributed by atoms with Crippen LogP contribution in [0, 0.1) is 0 Å². The van der Waals surface area contributed by atoms with E-state index >= 15 is 0 Å². The van der Waals surface area contributed by atoms with Crippen LogP contribution in [-0.2, 0) is 0 Å². The van der Waals surface area contributed by atoms with E-state index in [0.717, 1.165) is 44.1 Å². The van der Waals surface area contributed by atoms with E-state index in [1.165, 1.54) is 0 Å². The first kappa shape index (κ1) is 12.3. The van der Waals surface area contributed by atoms with Crippen molar-refractivity contribution in [2.45, 2.75) is 20.0 Å². The molecule has 0 unspecified atom stereocenters. The molecule has 1 fully saturated rings. The van der Waals surface area contributed by atoms with Crippen molar-refractivity contribution in [1.29, 1.82) is 0 Å². The minimum Gasteiger partial charge on any atom is -0.389 e. The Hall–Kier alpha value is -1.13. The standard InChI is InChI=1S/C13H21N3O/c1-3-15-7-9-16(10-8-15)13-12(11(2)17)5-4-6-14-13/h4-6,11,17H,3,7-10H2,1-2H3/t11-/m1/s1. The van der Waals surface area contributed by atoms with Gasteiger partial charge in [0.05, 0.1) is 6.10 Å². The highest BCUT2D eigenvalue weighted by Crippen LogP contribution is 2.24. The molecule has 1 aromatic heterocycles. The quantitative estimate of drug-likeness (QED) is 0.856. The summed E-state index contributed by atoms with van der Waals surface area (Å²) < 4.78 is 0. The van der Waals surface area contributed by atoms with Crippen LogP contribution >= 0.6 is 0 Å². The van der Waals surface area contributed by atoms with Crippen LogP contribution in [0.1, 0.15) is 25.5 Å². The molecule has 0 bridgehead atoms. The van der Waals surface area contributed by atoms with E-state index < -0.39 is 6.10 Å². The Labute approximate surface area is 103 Å². The summed E-state index contributed by atoms with van der Waals surface area (Å²) in [6.45, 7) is 9.23. The molecule has 17 heavy (non-hydrogen) atoms. The summed E-state index contributed by atoms with van der Waals surface area (Å²) in [6.07, 6.45) is 1.34. The van der Waals surface area contributed by atoms with E-state index in [0.29, 0.717) is 0 Å². The van der Waals surface area contributed by atoms with Crippen molar-refractivity contribution in [2.75, 3.05) is 37.6 Å². The van der Waals surface area contributed by atoms with Crippen LogP contribution in [-0.4, -0.2) is 47.7 Å². The fraction of sp³-hybridized carbons (Fsp3) is 0.615. The van der Waals surface area contributed by atoms with Gasteiger partial charge in [0, 0.05) is 37.9 Å². The van der Waals surface area contributed by atoms with Crippen LogP contribution in [0.25, 0.3) is 0 Å². The minimum absolute atomic E-state index is 0.456. The highest BCUT2D eigenvalue weighted by atomic mass is 16.3. The largest absolute Gasteiger partial charge is 0.389 e. The van der Waals surface area contributed by atoms with Gasteiger partial charge in [-0.05, 0) is 19.5 Å². The summed E-state index contributed by atoms with van der Waals surface area (Å²) >= 11 is 0. The number of aliphatic hydroxyl groups is 1. The first-order valence-electron chi connectivity index (χ1n) is 6.32. The van der Waals surface area contributed by atoms with Crippen LogP contribution in [0.3, 0.4) is 0 Å². The summed E-state index contributed by atoms with van der Waals surface area (Å²) in [5, 5.41) is 9.76. The first-order chi connectivity index (χ1) is 8.22. The molecule has 1 saturated heterocycles. The number of aliphatic hydroxyl groups excluding tert-OH is 1. The van der Waals surface area contributed by atoms with Gasteiger partial charge in [-0.25, -0.2) is 4.98 Å². The smallest absolute Gasteiger partial charge is 0.134 e. The van der Waals surface area contributed by atoms with Gasteiger partial charge < -0.3 is 14.9 Å². The van der Waals surface area contributed by atoms with E-state index in [9.17, 15) is 5.11 Å². The van der Waals surface area contributed by atoms with Gasteiger partial charge >= 0.3 is 0 Å². The molecule has 94 valence electrons. The van der Waals surface area contributed by atoms with Crippen LogP contribution in [0.4, 0.5) is 5.82 Å². The van der Waals surface area contributed by atoms with Crippen LogP contribution < -0.4 is 4.90 Å². The second kappa shape index (κ2) is 5.47. The van der Waals surface area contributed by atoms with Crippen molar-refractivity contribution < 1.29 is 5.11 Å². The Morgan fingerprint density at radius 3 is 2.65 bits per heavy atom. The third-order valence-electron chi connectivity index (χ3n) is 3.39. The van der Waals surface area contributed by atoms with Crippen molar-refractivity contribution in [3.8, 4) is 0 Å². The molecule has 2 heterocycles. The maximum atomic E-state index is 9.76. The van der Waals surface area contributed by atoms with Gasteiger partial charge in [-0.1, -0.05) is 13.0 Å². The topological polar surface area (TPSA) is 39.6 Å². The lowest BCUT2D eigenvalue weighted by atomic mass is 10.1. The van der Waals surface area contributed by atoms with E-state index in [1.54, 1.807) is 13.1 Å². The molecule has 2 rings (SSSR count). The normalized spacial score (nSPS) is 19.4. The lowest BCUT2D eigenvalue weighted by molar-refractivity contribution is 0.198. The Balaban J connectivity index is 2.13. The summed E-state index contributed by atoms with van der Waals surface area (Å²) in [6, 6.07) is 3.84. The molecular weight excluding hydrogens is 214 g/mol. The van der Waals surface area contributed by atoms with Crippen LogP contribution in [0.15, 0.2) is 18.3 Å². The number of nitrogens with zero attached hydrogens (tertiary/aromatic N) is 3. The molecule has 0 spiro atoms. The maximum Gasteiger partial charge on any atom is 0.134 e. The maximum absolute atomic E-state index is 9.76. The Morgan fingerprint density at radius 2 is 2.06 bits per heavy atom. The molecule has 0 aliphatic carbocycles. The van der Waals surface area contributed by atoms with Crippen LogP contribution in [0.5, 0.6) is 0 Å². The second-order valence-corrected chi connectivity index (χ2v) is 4.51. The van der Waals surface area contributed by atoms with E-state index in [1.807, 2.05) is 12.1 Å². The zero-order valence-electron chi connectivity index (χ0n) is 10.6. The van der Waals surface area contributed by atoms with Crippen molar-refractivity contribution in [2.24, 2.45) is 0 Å². The molecule has 1 aromatic rings. The van der Waals surface area contributed by atoms with Gasteiger partial charge in [-0.15, -0.1) is 0 Å². The third-order valence-corrected chi connectivity index (χ3v) is 3.39. The summed E-state index contributed by atoms with van der Waals surface area (Å²) in [5.74, 6) is 0.943. The Morgan fingerprint density at radius 1 is 1.35 bits per heavy atom. The number of hydrogen-bond acceptors (Lipinski definition) is 4. The van der Waals surface area contributed by atoms with Crippen molar-refractivity contribution in [3.05, 3.63) is 23.9 Å². The van der Waals surface area contributed by atoms with Gasteiger partial charge in [0.25, 0.3) is 0 Å². The molecule has 1 N–H and O–H groups in total. The molecule has 0 amide bonds. The fourth-order valence-corrected chi connectivity index (χ4v) is 2.28. The SMILES string of the molecule is CCN1CCN(c2ncccc2[C@@H](C)O)CC1. The second-order valence-electron chi connectivity index (χ2n) is 4.51. The Bertz CT molecular complexity index is 359. The summed E-state index contributed by atoms with van der Waals surface area (Å²) in [7, 11) is 0. The number of likely N-dealkylation sites (N-methyl/N-ethyl adjacent to an activating group) is 1. The number of pyridine rings is 1. The summed E-state index contributed by atoms with van der Waals surface area (Å²) in [5.41, 5.74) is 0.928. The van der Waals surface area contributed by atoms with Crippen molar-refractivity contribution in [3.63, 3.8) is 0 Å². The van der Waals surface area contributed by atoms with Gasteiger partial charge in [0.1, 0.15) is 5.82 Å². The van der Waals surface area contributed by atoms with Gasteiger partial charge in [-0.2, -0.15) is 0 Å². The molecular formula is C13H21N3O. The number of hydrogen-bond donors (Lipinski definition) is 1. The Kier molecular flexibility index (Phi) is 3.97. The van der Waals surface area contributed by atoms with Crippen molar-refractivity contribution in [1.82, 2.24) is 9.88 Å². The highest BCUT2D eigenvalue weighted by molar-refractivity contribution is 5.48. The average Bonchev–Trinajstić information content (AvgIpc) is 2.39. The molecule has 1 atom stereocenters. The monoisotopic (exact) mass is 235 g/mol. The zero-order valence-corrected chi connectivity index (χ0v) is 10.6. The fourth-order valence-electron chi connectivity index (χ4n) is 2.28. The number of anilines is 1. The molecule has 0 saturated carbocycles. The van der Waals surface area contributed by atoms with E-state index in [2.05, 4.69) is 21.7 Å². The molecule has 1 aliphatic rings. The number of piperazine rings is 1. The highest BCUT2D eigenvalue weighted by Gasteiger charge is 2.20. The average molecular weight is 235 g/mol. The van der Waals surface area contributed by atoms with Crippen molar-refractivity contribution >= 4 is 5.82 Å². The van der Waals surface area contributed by atoms with Gasteiger partial charge in [0.2, 0.25) is 0 Å². The third kappa shape index (κ3) is 2.76.